The van der Waals surface area contributed by atoms with Crippen molar-refractivity contribution in [1.82, 2.24) is 0 Å². The normalized spacial score (nSPS) is 47.3. The number of hydrogen-bond donors (Lipinski definition) is 3. The fourth-order valence-corrected chi connectivity index (χ4v) is 6.00. The van der Waals surface area contributed by atoms with Gasteiger partial charge in [-0.1, -0.05) is 45.8 Å². The van der Waals surface area contributed by atoms with Crippen molar-refractivity contribution >= 4 is 0 Å². The third-order valence-corrected chi connectivity index (χ3v) is 7.77. The molecule has 0 unspecified atom stereocenters. The van der Waals surface area contributed by atoms with Gasteiger partial charge in [-0.15, -0.1) is 0 Å². The number of rotatable bonds is 2. The first-order valence-corrected chi connectivity index (χ1v) is 9.32. The lowest BCUT2D eigenvalue weighted by Gasteiger charge is -2.61. The van der Waals surface area contributed by atoms with Gasteiger partial charge in [-0.05, 0) is 54.8 Å². The maximum atomic E-state index is 11.1. The topological polar surface area (TPSA) is 60.7 Å². The van der Waals surface area contributed by atoms with Crippen LogP contribution < -0.4 is 0 Å². The van der Waals surface area contributed by atoms with Gasteiger partial charge in [-0.25, -0.2) is 0 Å². The van der Waals surface area contributed by atoms with Crippen molar-refractivity contribution in [2.24, 2.45) is 28.1 Å². The van der Waals surface area contributed by atoms with Gasteiger partial charge in [-0.3, -0.25) is 0 Å². The quantitative estimate of drug-likeness (QED) is 0.684. The Labute approximate surface area is 140 Å². The van der Waals surface area contributed by atoms with Crippen LogP contribution in [0.1, 0.15) is 66.2 Å². The highest BCUT2D eigenvalue weighted by Crippen LogP contribution is 2.63. The summed E-state index contributed by atoms with van der Waals surface area (Å²) >= 11 is 0. The summed E-state index contributed by atoms with van der Waals surface area (Å²) in [6.45, 7) is 8.80. The van der Waals surface area contributed by atoms with E-state index in [4.69, 9.17) is 0 Å². The molecule has 3 rings (SSSR count). The second kappa shape index (κ2) is 5.57. The first-order valence-electron chi connectivity index (χ1n) is 9.32. The minimum Gasteiger partial charge on any atom is -0.394 e. The SMILES string of the molecule is CC1(C)CCC[C@H]2C1=CC[C@H]1C[C@@](C)([C@@H](O)CO)C[C@@H](O)[C@@]12C. The number of hydrogen-bond acceptors (Lipinski definition) is 3. The summed E-state index contributed by atoms with van der Waals surface area (Å²) in [6.07, 6.45) is 7.43. The molecule has 3 N–H and O–H groups in total. The van der Waals surface area contributed by atoms with E-state index in [0.29, 0.717) is 18.3 Å². The molecule has 2 fully saturated rings. The summed E-state index contributed by atoms with van der Waals surface area (Å²) in [4.78, 5) is 0. The van der Waals surface area contributed by atoms with E-state index in [1.165, 1.54) is 19.3 Å². The van der Waals surface area contributed by atoms with E-state index in [9.17, 15) is 15.3 Å². The van der Waals surface area contributed by atoms with Crippen molar-refractivity contribution in [3.8, 4) is 0 Å². The molecule has 0 radical (unpaired) electrons. The average molecular weight is 322 g/mol. The Morgan fingerprint density at radius 1 is 1.22 bits per heavy atom. The van der Waals surface area contributed by atoms with E-state index < -0.39 is 12.2 Å². The van der Waals surface area contributed by atoms with Crippen LogP contribution in [0.5, 0.6) is 0 Å². The number of aliphatic hydroxyl groups is 3. The lowest BCUT2D eigenvalue weighted by Crippen LogP contribution is -2.58. The van der Waals surface area contributed by atoms with Crippen molar-refractivity contribution < 1.29 is 15.3 Å². The third-order valence-electron chi connectivity index (χ3n) is 7.77. The predicted octanol–water partition coefficient (Wildman–Crippen LogP) is 3.28. The molecular weight excluding hydrogens is 288 g/mol. The molecule has 0 aromatic heterocycles. The first-order chi connectivity index (χ1) is 10.6. The number of allylic oxidation sites excluding steroid dienone is 2. The molecule has 3 aliphatic carbocycles. The number of aliphatic hydroxyl groups excluding tert-OH is 3. The van der Waals surface area contributed by atoms with E-state index in [0.717, 1.165) is 12.8 Å². The Hall–Kier alpha value is -0.380. The minimum atomic E-state index is -0.741. The molecule has 0 heterocycles. The molecule has 0 bridgehead atoms. The fraction of sp³-hybridized carbons (Fsp3) is 0.900. The summed E-state index contributed by atoms with van der Waals surface area (Å²) in [5.74, 6) is 0.857. The molecule has 0 aromatic carbocycles. The van der Waals surface area contributed by atoms with Crippen molar-refractivity contribution in [3.63, 3.8) is 0 Å². The van der Waals surface area contributed by atoms with Gasteiger partial charge in [0.05, 0.1) is 18.8 Å². The predicted molar refractivity (Wildman–Crippen MR) is 91.9 cm³/mol. The molecule has 0 saturated heterocycles. The van der Waals surface area contributed by atoms with Gasteiger partial charge in [0.25, 0.3) is 0 Å². The van der Waals surface area contributed by atoms with Gasteiger partial charge in [0.15, 0.2) is 0 Å². The van der Waals surface area contributed by atoms with Crippen LogP contribution in [0.15, 0.2) is 11.6 Å². The highest BCUT2D eigenvalue weighted by molar-refractivity contribution is 5.27. The van der Waals surface area contributed by atoms with Crippen LogP contribution in [-0.4, -0.2) is 34.1 Å². The molecule has 0 aliphatic heterocycles. The molecule has 23 heavy (non-hydrogen) atoms. The Bertz CT molecular complexity index is 497. The summed E-state index contributed by atoms with van der Waals surface area (Å²) in [6, 6.07) is 0. The van der Waals surface area contributed by atoms with Gasteiger partial charge >= 0.3 is 0 Å². The van der Waals surface area contributed by atoms with Gasteiger partial charge in [-0.2, -0.15) is 0 Å². The Morgan fingerprint density at radius 3 is 2.57 bits per heavy atom. The zero-order valence-corrected chi connectivity index (χ0v) is 15.2. The van der Waals surface area contributed by atoms with Crippen LogP contribution in [0.3, 0.4) is 0 Å². The van der Waals surface area contributed by atoms with Crippen molar-refractivity contribution in [1.29, 1.82) is 0 Å². The van der Waals surface area contributed by atoms with Gasteiger partial charge in [0, 0.05) is 5.41 Å². The second-order valence-corrected chi connectivity index (χ2v) is 9.56. The molecular formula is C20H34O3. The van der Waals surface area contributed by atoms with E-state index >= 15 is 0 Å². The molecule has 0 amide bonds. The molecule has 6 atom stereocenters. The molecule has 0 aromatic rings. The Kier molecular flexibility index (Phi) is 4.23. The highest BCUT2D eigenvalue weighted by atomic mass is 16.3. The molecule has 3 aliphatic rings. The van der Waals surface area contributed by atoms with E-state index in [-0.39, 0.29) is 22.9 Å². The van der Waals surface area contributed by atoms with Crippen LogP contribution in [0.25, 0.3) is 0 Å². The standard InChI is InChI=1S/C20H34O3/c1-18(2)9-5-6-15-14(18)8-7-13-10-19(3,17(23)12-21)11-16(22)20(13,15)4/h8,13,15-17,21-23H,5-7,9-12H2,1-4H3/t13-,15-,16+,17-,19+,20-/m0/s1. The molecule has 2 saturated carbocycles. The van der Waals surface area contributed by atoms with Crippen molar-refractivity contribution in [2.75, 3.05) is 6.61 Å². The van der Waals surface area contributed by atoms with E-state index in [1.54, 1.807) is 5.57 Å². The summed E-state index contributed by atoms with van der Waals surface area (Å²) < 4.78 is 0. The van der Waals surface area contributed by atoms with Crippen LogP contribution in [0.2, 0.25) is 0 Å². The minimum absolute atomic E-state index is 0.0868. The van der Waals surface area contributed by atoms with E-state index in [2.05, 4.69) is 26.8 Å². The molecule has 3 heteroatoms. The zero-order valence-electron chi connectivity index (χ0n) is 15.2. The van der Waals surface area contributed by atoms with Gasteiger partial charge in [0.2, 0.25) is 0 Å². The lowest BCUT2D eigenvalue weighted by atomic mass is 9.45. The molecule has 3 nitrogen and oxygen atoms in total. The zero-order chi connectivity index (χ0) is 17.0. The second-order valence-electron chi connectivity index (χ2n) is 9.56. The third kappa shape index (κ3) is 2.51. The van der Waals surface area contributed by atoms with Crippen molar-refractivity contribution in [3.05, 3.63) is 11.6 Å². The smallest absolute Gasteiger partial charge is 0.0825 e. The van der Waals surface area contributed by atoms with Crippen LogP contribution in [-0.2, 0) is 0 Å². The van der Waals surface area contributed by atoms with Gasteiger partial charge < -0.3 is 15.3 Å². The van der Waals surface area contributed by atoms with E-state index in [1.807, 2.05) is 6.92 Å². The Morgan fingerprint density at radius 2 is 1.91 bits per heavy atom. The number of fused-ring (bicyclic) bond motifs is 3. The average Bonchev–Trinajstić information content (AvgIpc) is 2.48. The van der Waals surface area contributed by atoms with Gasteiger partial charge in [0.1, 0.15) is 0 Å². The lowest BCUT2D eigenvalue weighted by molar-refractivity contribution is -0.157. The highest BCUT2D eigenvalue weighted by Gasteiger charge is 2.58. The van der Waals surface area contributed by atoms with Crippen LogP contribution in [0, 0.1) is 28.1 Å². The summed E-state index contributed by atoms with van der Waals surface area (Å²) in [7, 11) is 0. The monoisotopic (exact) mass is 322 g/mol. The summed E-state index contributed by atoms with van der Waals surface area (Å²) in [5.41, 5.74) is 1.35. The van der Waals surface area contributed by atoms with Crippen LogP contribution in [0.4, 0.5) is 0 Å². The Balaban J connectivity index is 1.96. The maximum absolute atomic E-state index is 11.1. The van der Waals surface area contributed by atoms with Crippen molar-refractivity contribution in [2.45, 2.75) is 78.4 Å². The fourth-order valence-electron chi connectivity index (χ4n) is 6.00. The summed E-state index contributed by atoms with van der Waals surface area (Å²) in [5, 5.41) is 30.8. The molecule has 0 spiro atoms. The first kappa shape index (κ1) is 17.4. The maximum Gasteiger partial charge on any atom is 0.0825 e. The molecule has 132 valence electrons. The van der Waals surface area contributed by atoms with Crippen LogP contribution >= 0.6 is 0 Å². The largest absolute Gasteiger partial charge is 0.394 e.